The predicted molar refractivity (Wildman–Crippen MR) is 111 cm³/mol. The van der Waals surface area contributed by atoms with Crippen molar-refractivity contribution in [2.45, 2.75) is 37.4 Å². The Hall–Kier alpha value is -2.79. The summed E-state index contributed by atoms with van der Waals surface area (Å²) in [5.41, 5.74) is 6.69. The van der Waals surface area contributed by atoms with Crippen molar-refractivity contribution in [3.63, 3.8) is 0 Å². The number of hydrogen-bond acceptors (Lipinski definition) is 7. The van der Waals surface area contributed by atoms with Crippen LogP contribution in [0, 0.1) is 0 Å². The molecule has 2 rings (SSSR count). The summed E-state index contributed by atoms with van der Waals surface area (Å²) >= 11 is 4.14. The van der Waals surface area contributed by atoms with Crippen molar-refractivity contribution in [3.05, 3.63) is 29.8 Å². The maximum atomic E-state index is 12.9. The molecule has 1 saturated heterocycles. The van der Waals surface area contributed by atoms with Crippen LogP contribution in [0.3, 0.4) is 0 Å². The lowest BCUT2D eigenvalue weighted by Crippen LogP contribution is -2.56. The van der Waals surface area contributed by atoms with E-state index in [9.17, 15) is 24.3 Å². The number of rotatable bonds is 9. The van der Waals surface area contributed by atoms with E-state index in [0.717, 1.165) is 5.56 Å². The van der Waals surface area contributed by atoms with Crippen LogP contribution in [-0.4, -0.2) is 75.8 Å². The third kappa shape index (κ3) is 6.36. The van der Waals surface area contributed by atoms with Gasteiger partial charge in [0.2, 0.25) is 17.7 Å². The molecule has 30 heavy (non-hydrogen) atoms. The number of amides is 3. The Morgan fingerprint density at radius 3 is 2.50 bits per heavy atom. The van der Waals surface area contributed by atoms with E-state index >= 15 is 0 Å². The highest BCUT2D eigenvalue weighted by molar-refractivity contribution is 7.80. The van der Waals surface area contributed by atoms with Crippen LogP contribution in [0.5, 0.6) is 5.75 Å². The summed E-state index contributed by atoms with van der Waals surface area (Å²) in [6.45, 7) is -0.208. The number of nitrogens with zero attached hydrogens (tertiary/aromatic N) is 1. The van der Waals surface area contributed by atoms with Gasteiger partial charge in [0.1, 0.15) is 24.4 Å². The molecule has 10 nitrogen and oxygen atoms in total. The third-order valence-electron chi connectivity index (χ3n) is 4.78. The standard InChI is InChI=1S/C19H26N4O6S/c20-13(8-11-3-5-12(24)6-4-11)17(27)22-14(10-30)19(29)23-7-1-2-15(23)18(28)21-9-16(25)26/h3-6,13-15,24,30H,1-2,7-10,20H2,(H,21,28)(H,22,27)(H,25,26). The largest absolute Gasteiger partial charge is 0.508 e. The molecule has 0 bridgehead atoms. The smallest absolute Gasteiger partial charge is 0.322 e. The number of aromatic hydroxyl groups is 1. The average molecular weight is 439 g/mol. The van der Waals surface area contributed by atoms with Gasteiger partial charge in [0, 0.05) is 12.3 Å². The fourth-order valence-electron chi connectivity index (χ4n) is 3.23. The van der Waals surface area contributed by atoms with Gasteiger partial charge in [0.05, 0.1) is 6.04 Å². The third-order valence-corrected chi connectivity index (χ3v) is 5.14. The van der Waals surface area contributed by atoms with Gasteiger partial charge in [0.15, 0.2) is 0 Å². The first-order chi connectivity index (χ1) is 14.2. The lowest BCUT2D eigenvalue weighted by Gasteiger charge is -2.28. The van der Waals surface area contributed by atoms with Crippen molar-refractivity contribution < 1.29 is 29.4 Å². The van der Waals surface area contributed by atoms with Gasteiger partial charge in [-0.1, -0.05) is 12.1 Å². The summed E-state index contributed by atoms with van der Waals surface area (Å²) in [7, 11) is 0. The summed E-state index contributed by atoms with van der Waals surface area (Å²) in [6.07, 6.45) is 1.21. The Bertz CT molecular complexity index is 788. The number of benzene rings is 1. The summed E-state index contributed by atoms with van der Waals surface area (Å²) in [5.74, 6) is -2.62. The van der Waals surface area contributed by atoms with Crippen molar-refractivity contribution in [1.29, 1.82) is 0 Å². The number of nitrogens with one attached hydrogen (secondary N) is 2. The maximum Gasteiger partial charge on any atom is 0.322 e. The van der Waals surface area contributed by atoms with E-state index in [2.05, 4.69) is 23.3 Å². The minimum Gasteiger partial charge on any atom is -0.508 e. The van der Waals surface area contributed by atoms with Crippen LogP contribution >= 0.6 is 12.6 Å². The lowest BCUT2D eigenvalue weighted by molar-refractivity contribution is -0.142. The molecule has 1 heterocycles. The van der Waals surface area contributed by atoms with Crippen molar-refractivity contribution in [2.24, 2.45) is 5.73 Å². The van der Waals surface area contributed by atoms with Gasteiger partial charge in [-0.3, -0.25) is 19.2 Å². The van der Waals surface area contributed by atoms with E-state index in [1.807, 2.05) is 0 Å². The quantitative estimate of drug-likeness (QED) is 0.266. The van der Waals surface area contributed by atoms with Crippen molar-refractivity contribution in [3.8, 4) is 5.75 Å². The Balaban J connectivity index is 1.97. The zero-order valence-electron chi connectivity index (χ0n) is 16.3. The van der Waals surface area contributed by atoms with Crippen LogP contribution in [0.4, 0.5) is 0 Å². The molecule has 11 heteroatoms. The molecule has 3 atom stereocenters. The van der Waals surface area contributed by atoms with Gasteiger partial charge in [-0.05, 0) is 37.0 Å². The van der Waals surface area contributed by atoms with Crippen molar-refractivity contribution >= 4 is 36.3 Å². The fourth-order valence-corrected chi connectivity index (χ4v) is 3.47. The molecule has 1 fully saturated rings. The van der Waals surface area contributed by atoms with Gasteiger partial charge in [0.25, 0.3) is 0 Å². The number of hydrogen-bond donors (Lipinski definition) is 6. The summed E-state index contributed by atoms with van der Waals surface area (Å²) in [6, 6.07) is 3.59. The number of carboxylic acids is 1. The Morgan fingerprint density at radius 1 is 1.23 bits per heavy atom. The van der Waals surface area contributed by atoms with Crippen LogP contribution in [0.2, 0.25) is 0 Å². The highest BCUT2D eigenvalue weighted by Crippen LogP contribution is 2.19. The van der Waals surface area contributed by atoms with Crippen LogP contribution in [-0.2, 0) is 25.6 Å². The van der Waals surface area contributed by atoms with E-state index in [-0.39, 0.29) is 17.9 Å². The number of aliphatic carboxylic acids is 1. The number of likely N-dealkylation sites (tertiary alicyclic amines) is 1. The second-order valence-corrected chi connectivity index (χ2v) is 7.39. The summed E-state index contributed by atoms with van der Waals surface area (Å²) in [5, 5.41) is 22.9. The first-order valence-corrected chi connectivity index (χ1v) is 10.1. The minimum absolute atomic E-state index is 0.0104. The maximum absolute atomic E-state index is 12.9. The zero-order valence-corrected chi connectivity index (χ0v) is 17.2. The topological polar surface area (TPSA) is 162 Å². The Labute approximate surface area is 179 Å². The molecule has 0 radical (unpaired) electrons. The molecule has 0 aromatic heterocycles. The van der Waals surface area contributed by atoms with E-state index < -0.39 is 48.4 Å². The van der Waals surface area contributed by atoms with E-state index in [0.29, 0.717) is 19.4 Å². The van der Waals surface area contributed by atoms with Crippen molar-refractivity contribution in [2.75, 3.05) is 18.8 Å². The molecule has 1 aliphatic heterocycles. The molecule has 6 N–H and O–H groups in total. The first-order valence-electron chi connectivity index (χ1n) is 9.47. The zero-order chi connectivity index (χ0) is 22.3. The van der Waals surface area contributed by atoms with Crippen LogP contribution in [0.1, 0.15) is 18.4 Å². The number of phenolic OH excluding ortho intramolecular Hbond substituents is 1. The SMILES string of the molecule is NC(Cc1ccc(O)cc1)C(=O)NC(CS)C(=O)N1CCCC1C(=O)NCC(=O)O. The fraction of sp³-hybridized carbons (Fsp3) is 0.474. The first kappa shape index (κ1) is 23.5. The molecular weight excluding hydrogens is 412 g/mol. The summed E-state index contributed by atoms with van der Waals surface area (Å²) in [4.78, 5) is 49.5. The number of thiol groups is 1. The van der Waals surface area contributed by atoms with Gasteiger partial charge < -0.3 is 31.5 Å². The highest BCUT2D eigenvalue weighted by atomic mass is 32.1. The molecule has 0 aliphatic carbocycles. The monoisotopic (exact) mass is 438 g/mol. The number of nitrogens with two attached hydrogens (primary N) is 1. The molecule has 3 unspecified atom stereocenters. The molecular formula is C19H26N4O6S. The molecule has 1 aromatic rings. The lowest BCUT2D eigenvalue weighted by atomic mass is 10.1. The molecule has 164 valence electrons. The average Bonchev–Trinajstić information content (AvgIpc) is 3.21. The highest BCUT2D eigenvalue weighted by Gasteiger charge is 2.37. The Morgan fingerprint density at radius 2 is 1.90 bits per heavy atom. The molecule has 1 aliphatic rings. The molecule has 3 amide bonds. The number of carbonyl (C=O) groups excluding carboxylic acids is 3. The summed E-state index contributed by atoms with van der Waals surface area (Å²) < 4.78 is 0. The number of carbonyl (C=O) groups is 4. The second-order valence-electron chi connectivity index (χ2n) is 7.02. The number of phenols is 1. The van der Waals surface area contributed by atoms with Crippen molar-refractivity contribution in [1.82, 2.24) is 15.5 Å². The van der Waals surface area contributed by atoms with Gasteiger partial charge in [-0.2, -0.15) is 12.6 Å². The molecule has 0 saturated carbocycles. The predicted octanol–water partition coefficient (Wildman–Crippen LogP) is -1.13. The van der Waals surface area contributed by atoms with E-state index in [1.165, 1.54) is 17.0 Å². The van der Waals surface area contributed by atoms with Gasteiger partial charge in [-0.25, -0.2) is 0 Å². The second kappa shape index (κ2) is 10.8. The molecule has 0 spiro atoms. The van der Waals surface area contributed by atoms with Crippen LogP contribution in [0.25, 0.3) is 0 Å². The van der Waals surface area contributed by atoms with Gasteiger partial charge >= 0.3 is 5.97 Å². The minimum atomic E-state index is -1.18. The van der Waals surface area contributed by atoms with E-state index in [4.69, 9.17) is 10.8 Å². The van der Waals surface area contributed by atoms with Crippen LogP contribution in [0.15, 0.2) is 24.3 Å². The molecule has 1 aromatic carbocycles. The number of carboxylic acid groups (broad SMARTS) is 1. The Kier molecular flexibility index (Phi) is 8.48. The normalized spacial score (nSPS) is 17.8. The van der Waals surface area contributed by atoms with Gasteiger partial charge in [-0.15, -0.1) is 0 Å². The van der Waals surface area contributed by atoms with Crippen LogP contribution < -0.4 is 16.4 Å². The van der Waals surface area contributed by atoms with E-state index in [1.54, 1.807) is 12.1 Å².